The summed E-state index contributed by atoms with van der Waals surface area (Å²) in [5.74, 6) is 0. The van der Waals surface area contributed by atoms with Crippen LogP contribution in [0.25, 0.3) is 0 Å². The number of oxime groups is 1. The zero-order valence-electron chi connectivity index (χ0n) is 6.97. The number of pyridine rings is 1. The van der Waals surface area contributed by atoms with Crippen LogP contribution in [0.5, 0.6) is 0 Å². The van der Waals surface area contributed by atoms with Crippen molar-refractivity contribution in [2.45, 2.75) is 6.54 Å². The highest BCUT2D eigenvalue weighted by Gasteiger charge is 2.04. The lowest BCUT2D eigenvalue weighted by molar-refractivity contribution is -0.699. The predicted octanol–water partition coefficient (Wildman–Crippen LogP) is -3.22. The van der Waals surface area contributed by atoms with Crippen LogP contribution in [0.15, 0.2) is 29.6 Å². The molecule has 0 aliphatic heterocycles. The van der Waals surface area contributed by atoms with E-state index in [1.54, 1.807) is 10.6 Å². The van der Waals surface area contributed by atoms with E-state index in [2.05, 4.69) is 5.16 Å². The SMILES string of the molecule is OCC[n+]1ccccc1/C=N/O.[Br-]. The van der Waals surface area contributed by atoms with E-state index >= 15 is 0 Å². The van der Waals surface area contributed by atoms with E-state index in [0.29, 0.717) is 6.54 Å². The van der Waals surface area contributed by atoms with Gasteiger partial charge in [-0.3, -0.25) is 0 Å². The molecule has 2 N–H and O–H groups in total. The van der Waals surface area contributed by atoms with Crippen LogP contribution in [0, 0.1) is 0 Å². The first kappa shape index (κ1) is 12.1. The van der Waals surface area contributed by atoms with Gasteiger partial charge in [-0.05, 0) is 6.07 Å². The van der Waals surface area contributed by atoms with Crippen molar-refractivity contribution in [2.75, 3.05) is 6.61 Å². The summed E-state index contributed by atoms with van der Waals surface area (Å²) >= 11 is 0. The van der Waals surface area contributed by atoms with Gasteiger partial charge in [0.05, 0.1) is 0 Å². The fraction of sp³-hybridized carbons (Fsp3) is 0.250. The molecule has 0 bridgehead atoms. The van der Waals surface area contributed by atoms with Crippen molar-refractivity contribution in [2.24, 2.45) is 5.16 Å². The van der Waals surface area contributed by atoms with Gasteiger partial charge >= 0.3 is 0 Å². The molecule has 1 aromatic heterocycles. The molecule has 13 heavy (non-hydrogen) atoms. The fourth-order valence-electron chi connectivity index (χ4n) is 0.977. The second-order valence-electron chi connectivity index (χ2n) is 2.29. The Morgan fingerprint density at radius 3 is 2.85 bits per heavy atom. The van der Waals surface area contributed by atoms with Crippen LogP contribution in [0.4, 0.5) is 0 Å². The molecule has 5 heteroatoms. The third kappa shape index (κ3) is 3.52. The average Bonchev–Trinajstić information content (AvgIpc) is 2.09. The molecule has 0 unspecified atom stereocenters. The zero-order valence-corrected chi connectivity index (χ0v) is 8.55. The minimum atomic E-state index is 0. The normalized spacial score (nSPS) is 9.92. The van der Waals surface area contributed by atoms with Crippen LogP contribution >= 0.6 is 0 Å². The predicted molar refractivity (Wildman–Crippen MR) is 43.1 cm³/mol. The highest BCUT2D eigenvalue weighted by atomic mass is 79.9. The van der Waals surface area contributed by atoms with Gasteiger partial charge in [0.15, 0.2) is 12.7 Å². The Hall–Kier alpha value is -0.940. The maximum absolute atomic E-state index is 8.68. The number of nitrogens with zero attached hydrogens (tertiary/aromatic N) is 2. The van der Waals surface area contributed by atoms with Crippen molar-refractivity contribution in [3.05, 3.63) is 30.1 Å². The first-order chi connectivity index (χ1) is 5.88. The summed E-state index contributed by atoms with van der Waals surface area (Å²) in [6, 6.07) is 5.49. The molecule has 0 amide bonds. The second-order valence-corrected chi connectivity index (χ2v) is 2.29. The topological polar surface area (TPSA) is 56.7 Å². The van der Waals surface area contributed by atoms with Gasteiger partial charge in [0.2, 0.25) is 5.69 Å². The Bertz CT molecular complexity index is 279. The Labute approximate surface area is 86.9 Å². The van der Waals surface area contributed by atoms with E-state index in [1.807, 2.05) is 18.3 Å². The minimum Gasteiger partial charge on any atom is -1.00 e. The number of aliphatic hydroxyl groups excluding tert-OH is 1. The lowest BCUT2D eigenvalue weighted by Crippen LogP contribution is -3.00. The molecule has 1 rings (SSSR count). The van der Waals surface area contributed by atoms with Crippen molar-refractivity contribution < 1.29 is 31.9 Å². The Kier molecular flexibility index (Phi) is 6.09. The molecule has 1 heterocycles. The van der Waals surface area contributed by atoms with Crippen molar-refractivity contribution in [1.29, 1.82) is 0 Å². The van der Waals surface area contributed by atoms with Crippen molar-refractivity contribution in [3.8, 4) is 0 Å². The molecular weight excluding hydrogens is 236 g/mol. The number of halogens is 1. The summed E-state index contributed by atoms with van der Waals surface area (Å²) in [7, 11) is 0. The van der Waals surface area contributed by atoms with E-state index in [1.165, 1.54) is 6.21 Å². The molecule has 0 atom stereocenters. The quantitative estimate of drug-likeness (QED) is 0.255. The molecule has 0 saturated heterocycles. The molecule has 0 radical (unpaired) electrons. The lowest BCUT2D eigenvalue weighted by Gasteiger charge is -1.95. The van der Waals surface area contributed by atoms with Gasteiger partial charge in [-0.25, -0.2) is 0 Å². The van der Waals surface area contributed by atoms with E-state index in [9.17, 15) is 0 Å². The van der Waals surface area contributed by atoms with Crippen LogP contribution in [0.2, 0.25) is 0 Å². The molecule has 0 aliphatic rings. The average molecular weight is 247 g/mol. The number of hydrogen-bond acceptors (Lipinski definition) is 3. The third-order valence-corrected chi connectivity index (χ3v) is 1.51. The van der Waals surface area contributed by atoms with Gasteiger partial charge in [0, 0.05) is 12.1 Å². The van der Waals surface area contributed by atoms with Gasteiger partial charge in [-0.1, -0.05) is 5.16 Å². The van der Waals surface area contributed by atoms with Crippen molar-refractivity contribution >= 4 is 6.21 Å². The summed E-state index contributed by atoms with van der Waals surface area (Å²) in [5, 5.41) is 19.9. The van der Waals surface area contributed by atoms with Gasteiger partial charge in [-0.15, -0.1) is 0 Å². The van der Waals surface area contributed by atoms with Crippen molar-refractivity contribution in [1.82, 2.24) is 0 Å². The number of aromatic nitrogens is 1. The highest BCUT2D eigenvalue weighted by Crippen LogP contribution is 1.86. The zero-order chi connectivity index (χ0) is 8.81. The van der Waals surface area contributed by atoms with Crippen molar-refractivity contribution in [3.63, 3.8) is 0 Å². The Balaban J connectivity index is 0.00000144. The minimum absolute atomic E-state index is 0. The summed E-state index contributed by atoms with van der Waals surface area (Å²) in [5.41, 5.74) is 0.758. The maximum atomic E-state index is 8.68. The molecule has 4 nitrogen and oxygen atoms in total. The third-order valence-electron chi connectivity index (χ3n) is 1.51. The number of rotatable bonds is 3. The molecule has 72 valence electrons. The van der Waals surface area contributed by atoms with Gasteiger partial charge in [0.25, 0.3) is 0 Å². The smallest absolute Gasteiger partial charge is 0.227 e. The standard InChI is InChI=1S/C8H10N2O2.BrH/c11-6-5-10-4-2-1-3-8(10)7-9-12;/h1-4,7,11H,5-6H2;1H. The summed E-state index contributed by atoms with van der Waals surface area (Å²) in [6.07, 6.45) is 3.14. The van der Waals surface area contributed by atoms with Crippen LogP contribution in [0.1, 0.15) is 5.69 Å². The van der Waals surface area contributed by atoms with Crippen LogP contribution in [-0.2, 0) is 6.54 Å². The van der Waals surface area contributed by atoms with E-state index < -0.39 is 0 Å². The lowest BCUT2D eigenvalue weighted by atomic mass is 10.3. The molecule has 0 saturated carbocycles. The Morgan fingerprint density at radius 1 is 1.46 bits per heavy atom. The molecule has 0 fully saturated rings. The molecular formula is C8H11BrN2O2. The van der Waals surface area contributed by atoms with Gasteiger partial charge in [0.1, 0.15) is 12.8 Å². The number of aliphatic hydroxyl groups is 1. The monoisotopic (exact) mass is 246 g/mol. The summed E-state index contributed by atoms with van der Waals surface area (Å²) in [6.45, 7) is 0.573. The first-order valence-electron chi connectivity index (χ1n) is 3.65. The number of hydrogen-bond donors (Lipinski definition) is 2. The second kappa shape index (κ2) is 6.56. The summed E-state index contributed by atoms with van der Waals surface area (Å²) in [4.78, 5) is 0. The van der Waals surface area contributed by atoms with E-state index in [4.69, 9.17) is 10.3 Å². The Morgan fingerprint density at radius 2 is 2.23 bits per heavy atom. The van der Waals surface area contributed by atoms with Crippen LogP contribution in [-0.4, -0.2) is 23.1 Å². The first-order valence-corrected chi connectivity index (χ1v) is 3.65. The summed E-state index contributed by atoms with van der Waals surface area (Å²) < 4.78 is 1.79. The highest BCUT2D eigenvalue weighted by molar-refractivity contribution is 5.74. The molecule has 1 aromatic rings. The van der Waals surface area contributed by atoms with Gasteiger partial charge < -0.3 is 27.3 Å². The molecule has 0 spiro atoms. The van der Waals surface area contributed by atoms with Gasteiger partial charge in [-0.2, -0.15) is 4.57 Å². The van der Waals surface area contributed by atoms with Crippen LogP contribution in [0.3, 0.4) is 0 Å². The fourth-order valence-corrected chi connectivity index (χ4v) is 0.977. The van der Waals surface area contributed by atoms with E-state index in [-0.39, 0.29) is 23.6 Å². The molecule has 0 aliphatic carbocycles. The molecule has 0 aromatic carbocycles. The van der Waals surface area contributed by atoms with E-state index in [0.717, 1.165) is 5.69 Å². The largest absolute Gasteiger partial charge is 1.00 e. The maximum Gasteiger partial charge on any atom is 0.227 e. The van der Waals surface area contributed by atoms with Crippen LogP contribution < -0.4 is 21.5 Å².